The molecule has 2 rings (SSSR count). The van der Waals surface area contributed by atoms with Crippen LogP contribution in [0.2, 0.25) is 0 Å². The SMILES string of the molecule is COc1ccc(O)c(CN2[C@H](C)CCC[C@@H]2C)c1. The largest absolute Gasteiger partial charge is 0.508 e. The lowest BCUT2D eigenvalue weighted by Gasteiger charge is -2.39. The van der Waals surface area contributed by atoms with Gasteiger partial charge in [-0.15, -0.1) is 0 Å². The molecule has 1 fully saturated rings. The van der Waals surface area contributed by atoms with E-state index in [-0.39, 0.29) is 0 Å². The number of rotatable bonds is 3. The van der Waals surface area contributed by atoms with Crippen LogP contribution in [0.3, 0.4) is 0 Å². The molecule has 1 aliphatic heterocycles. The van der Waals surface area contributed by atoms with Gasteiger partial charge in [-0.2, -0.15) is 0 Å². The van der Waals surface area contributed by atoms with Crippen molar-refractivity contribution in [2.75, 3.05) is 7.11 Å². The van der Waals surface area contributed by atoms with Crippen LogP contribution in [0.5, 0.6) is 11.5 Å². The van der Waals surface area contributed by atoms with Crippen molar-refractivity contribution in [3.8, 4) is 11.5 Å². The minimum atomic E-state index is 0.362. The lowest BCUT2D eigenvalue weighted by Crippen LogP contribution is -2.42. The Labute approximate surface area is 109 Å². The maximum atomic E-state index is 9.95. The average molecular weight is 249 g/mol. The number of methoxy groups -OCH3 is 1. The van der Waals surface area contributed by atoms with Gasteiger partial charge in [0.15, 0.2) is 0 Å². The Bertz CT molecular complexity index is 395. The molecule has 2 atom stereocenters. The molecule has 0 bridgehead atoms. The third-order valence-electron chi connectivity index (χ3n) is 4.02. The first-order chi connectivity index (χ1) is 8.61. The number of piperidine rings is 1. The van der Waals surface area contributed by atoms with Gasteiger partial charge in [-0.3, -0.25) is 4.90 Å². The molecule has 3 heteroatoms. The van der Waals surface area contributed by atoms with Gasteiger partial charge in [-0.05, 0) is 44.9 Å². The van der Waals surface area contributed by atoms with Gasteiger partial charge >= 0.3 is 0 Å². The van der Waals surface area contributed by atoms with Crippen LogP contribution < -0.4 is 4.74 Å². The Hall–Kier alpha value is -1.22. The number of phenolic OH excluding ortho intramolecular Hbond substituents is 1. The summed E-state index contributed by atoms with van der Waals surface area (Å²) in [5.41, 5.74) is 0.954. The van der Waals surface area contributed by atoms with Gasteiger partial charge in [0.2, 0.25) is 0 Å². The number of likely N-dealkylation sites (tertiary alicyclic amines) is 1. The third kappa shape index (κ3) is 2.78. The predicted octanol–water partition coefficient (Wildman–Crippen LogP) is 3.16. The Morgan fingerprint density at radius 3 is 2.56 bits per heavy atom. The second-order valence-corrected chi connectivity index (χ2v) is 5.30. The van der Waals surface area contributed by atoms with Crippen LogP contribution in [-0.2, 0) is 6.54 Å². The van der Waals surface area contributed by atoms with Gasteiger partial charge < -0.3 is 9.84 Å². The molecule has 0 amide bonds. The van der Waals surface area contributed by atoms with Crippen molar-refractivity contribution in [2.45, 2.75) is 51.7 Å². The van der Waals surface area contributed by atoms with E-state index in [9.17, 15) is 5.11 Å². The Morgan fingerprint density at radius 1 is 1.28 bits per heavy atom. The number of hydrogen-bond donors (Lipinski definition) is 1. The van der Waals surface area contributed by atoms with Gasteiger partial charge in [-0.25, -0.2) is 0 Å². The molecule has 1 N–H and O–H groups in total. The van der Waals surface area contributed by atoms with Crippen molar-refractivity contribution in [1.29, 1.82) is 0 Å². The van der Waals surface area contributed by atoms with Gasteiger partial charge in [0.1, 0.15) is 11.5 Å². The van der Waals surface area contributed by atoms with E-state index in [0.29, 0.717) is 17.8 Å². The first kappa shape index (κ1) is 13.2. The fraction of sp³-hybridized carbons (Fsp3) is 0.600. The highest BCUT2D eigenvalue weighted by molar-refractivity contribution is 5.39. The van der Waals surface area contributed by atoms with E-state index < -0.39 is 0 Å². The summed E-state index contributed by atoms with van der Waals surface area (Å²) in [4.78, 5) is 2.47. The molecule has 100 valence electrons. The second kappa shape index (κ2) is 5.61. The van der Waals surface area contributed by atoms with Gasteiger partial charge in [-0.1, -0.05) is 6.42 Å². The van der Waals surface area contributed by atoms with E-state index >= 15 is 0 Å². The molecule has 1 saturated heterocycles. The number of hydrogen-bond acceptors (Lipinski definition) is 3. The average Bonchev–Trinajstić information content (AvgIpc) is 2.36. The van der Waals surface area contributed by atoms with Gasteiger partial charge in [0.25, 0.3) is 0 Å². The van der Waals surface area contributed by atoms with E-state index in [2.05, 4.69) is 18.7 Å². The molecule has 0 unspecified atom stereocenters. The molecule has 0 aliphatic carbocycles. The lowest BCUT2D eigenvalue weighted by molar-refractivity contribution is 0.0943. The van der Waals surface area contributed by atoms with Crippen LogP contribution in [-0.4, -0.2) is 29.2 Å². The third-order valence-corrected chi connectivity index (χ3v) is 4.02. The predicted molar refractivity (Wildman–Crippen MR) is 73.0 cm³/mol. The zero-order valence-electron chi connectivity index (χ0n) is 11.5. The second-order valence-electron chi connectivity index (χ2n) is 5.30. The topological polar surface area (TPSA) is 32.7 Å². The molecule has 1 aromatic carbocycles. The Kier molecular flexibility index (Phi) is 4.12. The summed E-state index contributed by atoms with van der Waals surface area (Å²) in [5, 5.41) is 9.95. The summed E-state index contributed by atoms with van der Waals surface area (Å²) in [6.07, 6.45) is 3.80. The highest BCUT2D eigenvalue weighted by Gasteiger charge is 2.25. The molecule has 1 aromatic rings. The van der Waals surface area contributed by atoms with Crippen molar-refractivity contribution in [2.24, 2.45) is 0 Å². The summed E-state index contributed by atoms with van der Waals surface area (Å²) in [5.74, 6) is 1.17. The van der Waals surface area contributed by atoms with E-state index in [0.717, 1.165) is 17.9 Å². The number of aromatic hydroxyl groups is 1. The Morgan fingerprint density at radius 2 is 1.94 bits per heavy atom. The van der Waals surface area contributed by atoms with Crippen molar-refractivity contribution >= 4 is 0 Å². The van der Waals surface area contributed by atoms with Crippen molar-refractivity contribution < 1.29 is 9.84 Å². The fourth-order valence-corrected chi connectivity index (χ4v) is 2.80. The van der Waals surface area contributed by atoms with Crippen LogP contribution in [0.15, 0.2) is 18.2 Å². The smallest absolute Gasteiger partial charge is 0.120 e. The van der Waals surface area contributed by atoms with Crippen LogP contribution in [0.4, 0.5) is 0 Å². The van der Waals surface area contributed by atoms with Crippen molar-refractivity contribution in [3.63, 3.8) is 0 Å². The van der Waals surface area contributed by atoms with Crippen molar-refractivity contribution in [3.05, 3.63) is 23.8 Å². The summed E-state index contributed by atoms with van der Waals surface area (Å²) < 4.78 is 5.22. The monoisotopic (exact) mass is 249 g/mol. The molecular formula is C15H23NO2. The van der Waals surface area contributed by atoms with E-state index in [4.69, 9.17) is 4.74 Å². The minimum absolute atomic E-state index is 0.362. The molecule has 1 aliphatic rings. The normalized spacial score (nSPS) is 25.1. The van der Waals surface area contributed by atoms with Gasteiger partial charge in [0, 0.05) is 24.2 Å². The molecule has 0 radical (unpaired) electrons. The van der Waals surface area contributed by atoms with Crippen LogP contribution in [0.1, 0.15) is 38.7 Å². The first-order valence-electron chi connectivity index (χ1n) is 6.73. The highest BCUT2D eigenvalue weighted by Crippen LogP contribution is 2.29. The molecule has 0 spiro atoms. The first-order valence-corrected chi connectivity index (χ1v) is 6.73. The highest BCUT2D eigenvalue weighted by atomic mass is 16.5. The number of phenols is 1. The molecule has 1 heterocycles. The van der Waals surface area contributed by atoms with Crippen LogP contribution in [0, 0.1) is 0 Å². The lowest BCUT2D eigenvalue weighted by atomic mass is 9.96. The molecular weight excluding hydrogens is 226 g/mol. The zero-order valence-corrected chi connectivity index (χ0v) is 11.5. The molecule has 0 saturated carbocycles. The summed E-state index contributed by atoms with van der Waals surface area (Å²) >= 11 is 0. The molecule has 18 heavy (non-hydrogen) atoms. The standard InChI is InChI=1S/C15H23NO2/c1-11-5-4-6-12(2)16(11)10-13-9-14(18-3)7-8-15(13)17/h7-9,11-12,17H,4-6,10H2,1-3H3/t11-,12+. The zero-order chi connectivity index (χ0) is 13.1. The van der Waals surface area contributed by atoms with Crippen LogP contribution >= 0.6 is 0 Å². The molecule has 3 nitrogen and oxygen atoms in total. The fourth-order valence-electron chi connectivity index (χ4n) is 2.80. The number of nitrogens with zero attached hydrogens (tertiary/aromatic N) is 1. The van der Waals surface area contributed by atoms with Crippen LogP contribution in [0.25, 0.3) is 0 Å². The maximum absolute atomic E-state index is 9.95. The minimum Gasteiger partial charge on any atom is -0.508 e. The van der Waals surface area contributed by atoms with E-state index in [1.165, 1.54) is 19.3 Å². The molecule has 0 aromatic heterocycles. The number of ether oxygens (including phenoxy) is 1. The van der Waals surface area contributed by atoms with E-state index in [1.54, 1.807) is 19.2 Å². The summed E-state index contributed by atoms with van der Waals surface area (Å²) in [6, 6.07) is 6.61. The van der Waals surface area contributed by atoms with Gasteiger partial charge in [0.05, 0.1) is 7.11 Å². The summed E-state index contributed by atoms with van der Waals surface area (Å²) in [6.45, 7) is 5.34. The quantitative estimate of drug-likeness (QED) is 0.893. The Balaban J connectivity index is 2.16. The number of benzene rings is 1. The summed E-state index contributed by atoms with van der Waals surface area (Å²) in [7, 11) is 1.66. The maximum Gasteiger partial charge on any atom is 0.120 e. The van der Waals surface area contributed by atoms with E-state index in [1.807, 2.05) is 6.07 Å². The van der Waals surface area contributed by atoms with Crippen molar-refractivity contribution in [1.82, 2.24) is 4.90 Å².